The molecule has 0 aliphatic rings. The van der Waals surface area contributed by atoms with Gasteiger partial charge in [-0.25, -0.2) is 14.6 Å². The lowest BCUT2D eigenvalue weighted by Gasteiger charge is -2.13. The molecule has 0 amide bonds. The van der Waals surface area contributed by atoms with Gasteiger partial charge in [0.25, 0.3) is 0 Å². The first-order valence-electron chi connectivity index (χ1n) is 6.87. The maximum atomic E-state index is 4.62. The van der Waals surface area contributed by atoms with Crippen molar-refractivity contribution in [3.8, 4) is 5.82 Å². The Labute approximate surface area is 114 Å². The molecule has 0 spiro atoms. The number of aromatic nitrogens is 4. The Morgan fingerprint density at radius 2 is 2.05 bits per heavy atom. The summed E-state index contributed by atoms with van der Waals surface area (Å²) >= 11 is 0. The zero-order valence-corrected chi connectivity index (χ0v) is 11.8. The van der Waals surface area contributed by atoms with Gasteiger partial charge in [-0.2, -0.15) is 5.10 Å². The Morgan fingerprint density at radius 3 is 2.68 bits per heavy atom. The molecule has 0 fully saturated rings. The highest BCUT2D eigenvalue weighted by atomic mass is 15.3. The minimum atomic E-state index is 0.863. The number of aryl methyl sites for hydroxylation is 1. The minimum Gasteiger partial charge on any atom is -0.370 e. The van der Waals surface area contributed by atoms with Crippen molar-refractivity contribution in [2.45, 2.75) is 40.0 Å². The van der Waals surface area contributed by atoms with Gasteiger partial charge in [0.1, 0.15) is 11.6 Å². The number of nitrogens with zero attached hydrogens (tertiary/aromatic N) is 4. The summed E-state index contributed by atoms with van der Waals surface area (Å²) in [4.78, 5) is 9.23. The van der Waals surface area contributed by atoms with Crippen LogP contribution in [0.15, 0.2) is 18.5 Å². The van der Waals surface area contributed by atoms with Crippen LogP contribution in [0.3, 0.4) is 0 Å². The SMILES string of the molecule is CCCNc1nc(CCC)nc(-n2cccn2)c1C. The van der Waals surface area contributed by atoms with E-state index in [1.54, 1.807) is 10.9 Å². The van der Waals surface area contributed by atoms with Crippen LogP contribution < -0.4 is 5.32 Å². The molecule has 5 nitrogen and oxygen atoms in total. The first kappa shape index (κ1) is 13.5. The van der Waals surface area contributed by atoms with E-state index < -0.39 is 0 Å². The number of hydrogen-bond donors (Lipinski definition) is 1. The smallest absolute Gasteiger partial charge is 0.162 e. The second-order valence-electron chi connectivity index (χ2n) is 4.56. The normalized spacial score (nSPS) is 10.7. The predicted octanol–water partition coefficient (Wildman–Crippen LogP) is 2.75. The molecule has 2 heterocycles. The molecule has 102 valence electrons. The highest BCUT2D eigenvalue weighted by Gasteiger charge is 2.12. The van der Waals surface area contributed by atoms with Gasteiger partial charge >= 0.3 is 0 Å². The van der Waals surface area contributed by atoms with Gasteiger partial charge in [-0.1, -0.05) is 13.8 Å². The van der Waals surface area contributed by atoms with Crippen molar-refractivity contribution in [1.29, 1.82) is 0 Å². The van der Waals surface area contributed by atoms with Crippen LogP contribution in [-0.2, 0) is 6.42 Å². The maximum absolute atomic E-state index is 4.62. The molecular weight excluding hydrogens is 238 g/mol. The Balaban J connectivity index is 2.43. The van der Waals surface area contributed by atoms with Gasteiger partial charge in [0.2, 0.25) is 0 Å². The maximum Gasteiger partial charge on any atom is 0.162 e. The standard InChI is InChI=1S/C14H21N5/c1-4-7-12-17-13(15-8-5-2)11(3)14(18-12)19-10-6-9-16-19/h6,9-10H,4-5,7-8H2,1-3H3,(H,15,17,18). The third kappa shape index (κ3) is 3.10. The molecule has 19 heavy (non-hydrogen) atoms. The van der Waals surface area contributed by atoms with Gasteiger partial charge in [-0.05, 0) is 25.8 Å². The summed E-state index contributed by atoms with van der Waals surface area (Å²) < 4.78 is 1.80. The topological polar surface area (TPSA) is 55.6 Å². The molecule has 2 aromatic rings. The molecule has 5 heteroatoms. The molecule has 0 unspecified atom stereocenters. The van der Waals surface area contributed by atoms with E-state index >= 15 is 0 Å². The average Bonchev–Trinajstić information content (AvgIpc) is 2.93. The molecule has 0 aliphatic heterocycles. The van der Waals surface area contributed by atoms with Gasteiger partial charge < -0.3 is 5.32 Å². The fourth-order valence-electron chi connectivity index (χ4n) is 1.92. The van der Waals surface area contributed by atoms with Gasteiger partial charge in [-0.3, -0.25) is 0 Å². The lowest BCUT2D eigenvalue weighted by atomic mass is 10.2. The Bertz CT molecular complexity index is 519. The van der Waals surface area contributed by atoms with Gasteiger partial charge in [0, 0.05) is 30.9 Å². The number of nitrogens with one attached hydrogen (secondary N) is 1. The second kappa shape index (κ2) is 6.31. The summed E-state index contributed by atoms with van der Waals surface area (Å²) in [7, 11) is 0. The number of hydrogen-bond acceptors (Lipinski definition) is 4. The zero-order valence-electron chi connectivity index (χ0n) is 11.8. The van der Waals surface area contributed by atoms with E-state index in [0.29, 0.717) is 0 Å². The van der Waals surface area contributed by atoms with E-state index in [9.17, 15) is 0 Å². The summed E-state index contributed by atoms with van der Waals surface area (Å²) in [5.41, 5.74) is 1.04. The molecule has 0 saturated carbocycles. The third-order valence-electron chi connectivity index (χ3n) is 2.90. The van der Waals surface area contributed by atoms with Crippen LogP contribution in [0.4, 0.5) is 5.82 Å². The van der Waals surface area contributed by atoms with Crippen LogP contribution in [-0.4, -0.2) is 26.3 Å². The van der Waals surface area contributed by atoms with Crippen molar-refractivity contribution < 1.29 is 0 Å². The van der Waals surface area contributed by atoms with Crippen molar-refractivity contribution in [3.63, 3.8) is 0 Å². The van der Waals surface area contributed by atoms with Gasteiger partial charge in [0.05, 0.1) is 0 Å². The lowest BCUT2D eigenvalue weighted by molar-refractivity contribution is 0.776. The van der Waals surface area contributed by atoms with E-state index in [1.165, 1.54) is 0 Å². The van der Waals surface area contributed by atoms with E-state index in [0.717, 1.165) is 48.8 Å². The van der Waals surface area contributed by atoms with Gasteiger partial charge in [0.15, 0.2) is 5.82 Å². The molecule has 0 radical (unpaired) electrons. The van der Waals surface area contributed by atoms with Crippen molar-refractivity contribution in [2.24, 2.45) is 0 Å². The largest absolute Gasteiger partial charge is 0.370 e. The molecule has 0 aliphatic carbocycles. The highest BCUT2D eigenvalue weighted by molar-refractivity contribution is 5.51. The molecule has 0 atom stereocenters. The number of anilines is 1. The zero-order chi connectivity index (χ0) is 13.7. The van der Waals surface area contributed by atoms with E-state index in [2.05, 4.69) is 34.2 Å². The fourth-order valence-corrected chi connectivity index (χ4v) is 1.92. The Morgan fingerprint density at radius 1 is 1.21 bits per heavy atom. The molecular formula is C14H21N5. The highest BCUT2D eigenvalue weighted by Crippen LogP contribution is 2.19. The monoisotopic (exact) mass is 259 g/mol. The van der Waals surface area contributed by atoms with Crippen LogP contribution in [0.1, 0.15) is 38.1 Å². The first-order valence-corrected chi connectivity index (χ1v) is 6.87. The molecule has 1 N–H and O–H groups in total. The number of rotatable bonds is 6. The summed E-state index contributed by atoms with van der Waals surface area (Å²) in [5, 5.41) is 7.64. The van der Waals surface area contributed by atoms with Crippen molar-refractivity contribution in [1.82, 2.24) is 19.7 Å². The van der Waals surface area contributed by atoms with E-state index in [-0.39, 0.29) is 0 Å². The fraction of sp³-hybridized carbons (Fsp3) is 0.500. The Kier molecular flexibility index (Phi) is 4.49. The van der Waals surface area contributed by atoms with Crippen molar-refractivity contribution in [2.75, 3.05) is 11.9 Å². The first-order chi connectivity index (χ1) is 9.26. The molecule has 2 aromatic heterocycles. The molecule has 2 rings (SSSR count). The van der Waals surface area contributed by atoms with Crippen LogP contribution in [0, 0.1) is 6.92 Å². The second-order valence-corrected chi connectivity index (χ2v) is 4.56. The van der Waals surface area contributed by atoms with Crippen LogP contribution in [0.2, 0.25) is 0 Å². The molecule has 0 saturated heterocycles. The summed E-state index contributed by atoms with van der Waals surface area (Å²) in [6, 6.07) is 1.90. The molecule has 0 bridgehead atoms. The Hall–Kier alpha value is -1.91. The third-order valence-corrected chi connectivity index (χ3v) is 2.90. The summed E-state index contributed by atoms with van der Waals surface area (Å²) in [6.07, 6.45) is 6.67. The van der Waals surface area contributed by atoms with Crippen LogP contribution >= 0.6 is 0 Å². The quantitative estimate of drug-likeness (QED) is 0.866. The lowest BCUT2D eigenvalue weighted by Crippen LogP contribution is -2.12. The van der Waals surface area contributed by atoms with Crippen molar-refractivity contribution in [3.05, 3.63) is 29.8 Å². The predicted molar refractivity (Wildman–Crippen MR) is 76.7 cm³/mol. The average molecular weight is 259 g/mol. The summed E-state index contributed by atoms with van der Waals surface area (Å²) in [5.74, 6) is 2.66. The van der Waals surface area contributed by atoms with E-state index in [1.807, 2.05) is 19.2 Å². The minimum absolute atomic E-state index is 0.863. The van der Waals surface area contributed by atoms with E-state index in [4.69, 9.17) is 0 Å². The van der Waals surface area contributed by atoms with Crippen LogP contribution in [0.5, 0.6) is 0 Å². The van der Waals surface area contributed by atoms with Crippen LogP contribution in [0.25, 0.3) is 5.82 Å². The summed E-state index contributed by atoms with van der Waals surface area (Å²) in [6.45, 7) is 7.23. The van der Waals surface area contributed by atoms with Crippen molar-refractivity contribution >= 4 is 5.82 Å². The molecule has 0 aromatic carbocycles. The van der Waals surface area contributed by atoms with Gasteiger partial charge in [-0.15, -0.1) is 0 Å².